The van der Waals surface area contributed by atoms with Gasteiger partial charge in [0.05, 0.1) is 13.2 Å². The highest BCUT2D eigenvalue weighted by Crippen LogP contribution is 2.25. The molecule has 0 saturated carbocycles. The van der Waals surface area contributed by atoms with Gasteiger partial charge in [0.1, 0.15) is 5.82 Å². The van der Waals surface area contributed by atoms with Gasteiger partial charge in [-0.3, -0.25) is 0 Å². The van der Waals surface area contributed by atoms with Crippen LogP contribution in [0, 0.1) is 5.82 Å². The maximum absolute atomic E-state index is 14.3. The highest BCUT2D eigenvalue weighted by atomic mass is 35.5. The molecule has 4 rings (SSSR count). The molecule has 4 nitrogen and oxygen atoms in total. The average molecular weight is 424 g/mol. The molecule has 0 spiro atoms. The predicted molar refractivity (Wildman–Crippen MR) is 119 cm³/mol. The first kappa shape index (κ1) is 20.4. The monoisotopic (exact) mass is 423 g/mol. The maximum atomic E-state index is 14.3. The van der Waals surface area contributed by atoms with Crippen molar-refractivity contribution >= 4 is 22.5 Å². The Balaban J connectivity index is 1.38. The van der Waals surface area contributed by atoms with Crippen LogP contribution in [0.3, 0.4) is 0 Å². The van der Waals surface area contributed by atoms with E-state index in [1.807, 2.05) is 36.4 Å². The van der Waals surface area contributed by atoms with E-state index in [4.69, 9.17) is 16.3 Å². The Morgan fingerprint density at radius 3 is 2.73 bits per heavy atom. The molecule has 0 aliphatic heterocycles. The summed E-state index contributed by atoms with van der Waals surface area (Å²) in [4.78, 5) is 4.15. The van der Waals surface area contributed by atoms with E-state index < -0.39 is 0 Å². The zero-order chi connectivity index (χ0) is 20.8. The van der Waals surface area contributed by atoms with Crippen LogP contribution in [0.5, 0.6) is 5.88 Å². The van der Waals surface area contributed by atoms with E-state index in [0.29, 0.717) is 29.6 Å². The highest BCUT2D eigenvalue weighted by Gasteiger charge is 2.12. The van der Waals surface area contributed by atoms with Crippen molar-refractivity contribution in [3.63, 3.8) is 0 Å². The Labute approximate surface area is 180 Å². The third kappa shape index (κ3) is 4.81. The fourth-order valence-electron chi connectivity index (χ4n) is 3.48. The van der Waals surface area contributed by atoms with Gasteiger partial charge >= 0.3 is 0 Å². The number of hydrogen-bond donors (Lipinski definition) is 1. The second-order valence-corrected chi connectivity index (χ2v) is 7.45. The van der Waals surface area contributed by atoms with E-state index >= 15 is 0 Å². The first-order valence-electron chi connectivity index (χ1n) is 9.96. The lowest BCUT2D eigenvalue weighted by Crippen LogP contribution is -2.17. The van der Waals surface area contributed by atoms with E-state index in [0.717, 1.165) is 30.4 Å². The average Bonchev–Trinajstić information content (AvgIpc) is 3.12. The van der Waals surface area contributed by atoms with Gasteiger partial charge in [0, 0.05) is 46.5 Å². The number of halogens is 2. The second kappa shape index (κ2) is 9.74. The summed E-state index contributed by atoms with van der Waals surface area (Å²) in [5.41, 5.74) is 2.74. The fourth-order valence-corrected chi connectivity index (χ4v) is 3.70. The minimum atomic E-state index is -0.284. The van der Waals surface area contributed by atoms with Crippen molar-refractivity contribution < 1.29 is 9.13 Å². The Morgan fingerprint density at radius 2 is 1.90 bits per heavy atom. The van der Waals surface area contributed by atoms with Crippen molar-refractivity contribution in [3.05, 3.63) is 95.0 Å². The van der Waals surface area contributed by atoms with Gasteiger partial charge in [-0.05, 0) is 42.8 Å². The summed E-state index contributed by atoms with van der Waals surface area (Å²) in [6.45, 7) is 2.55. The normalized spacial score (nSPS) is 11.1. The molecule has 2 heterocycles. The van der Waals surface area contributed by atoms with Gasteiger partial charge in [-0.1, -0.05) is 41.9 Å². The van der Waals surface area contributed by atoms with Crippen LogP contribution in [0.1, 0.15) is 17.5 Å². The number of pyridine rings is 1. The third-order valence-corrected chi connectivity index (χ3v) is 5.32. The van der Waals surface area contributed by atoms with Crippen molar-refractivity contribution in [2.24, 2.45) is 0 Å². The standard InChI is InChI=1S/C24H23ClFN3O/c25-21-8-5-9-22(26)20(21)17-29-16-18(19-7-1-2-10-23(19)29)15-27-12-6-14-30-24-11-3-4-13-28-24/h1-5,7-11,13,16,27H,6,12,14-15,17H2. The molecule has 0 atom stereocenters. The maximum Gasteiger partial charge on any atom is 0.213 e. The van der Waals surface area contributed by atoms with Gasteiger partial charge in [-0.2, -0.15) is 0 Å². The van der Waals surface area contributed by atoms with Crippen LogP contribution in [0.4, 0.5) is 4.39 Å². The SMILES string of the molecule is Fc1cccc(Cl)c1Cn1cc(CNCCCOc2ccccn2)c2ccccc21. The lowest BCUT2D eigenvalue weighted by molar-refractivity contribution is 0.296. The van der Waals surface area contributed by atoms with Gasteiger partial charge in [0.25, 0.3) is 0 Å². The van der Waals surface area contributed by atoms with E-state index in [2.05, 4.69) is 27.1 Å². The minimum Gasteiger partial charge on any atom is -0.478 e. The number of benzene rings is 2. The van der Waals surface area contributed by atoms with Crippen LogP contribution in [0.15, 0.2) is 73.1 Å². The Hall–Kier alpha value is -2.89. The van der Waals surface area contributed by atoms with E-state index in [-0.39, 0.29) is 5.82 Å². The lowest BCUT2D eigenvalue weighted by atomic mass is 10.2. The number of nitrogens with one attached hydrogen (secondary N) is 1. The quantitative estimate of drug-likeness (QED) is 0.364. The number of rotatable bonds is 9. The summed E-state index contributed by atoms with van der Waals surface area (Å²) < 4.78 is 21.9. The molecule has 0 bridgehead atoms. The summed E-state index contributed by atoms with van der Waals surface area (Å²) in [5.74, 6) is 0.361. The molecule has 0 unspecified atom stereocenters. The summed E-state index contributed by atoms with van der Waals surface area (Å²) in [6.07, 6.45) is 4.67. The number of hydrogen-bond acceptors (Lipinski definition) is 3. The third-order valence-electron chi connectivity index (χ3n) is 4.96. The fraction of sp³-hybridized carbons (Fsp3) is 0.208. The molecule has 4 aromatic rings. The van der Waals surface area contributed by atoms with E-state index in [9.17, 15) is 4.39 Å². The summed E-state index contributed by atoms with van der Waals surface area (Å²) in [5, 5.41) is 5.07. The Morgan fingerprint density at radius 1 is 1.03 bits per heavy atom. The van der Waals surface area contributed by atoms with Crippen LogP contribution in [0.2, 0.25) is 5.02 Å². The van der Waals surface area contributed by atoms with Crippen LogP contribution < -0.4 is 10.1 Å². The molecular weight excluding hydrogens is 401 g/mol. The Kier molecular flexibility index (Phi) is 6.62. The first-order valence-corrected chi connectivity index (χ1v) is 10.3. The first-order chi connectivity index (χ1) is 14.7. The van der Waals surface area contributed by atoms with Gasteiger partial charge in [-0.15, -0.1) is 0 Å². The molecule has 2 aromatic carbocycles. The summed E-state index contributed by atoms with van der Waals surface area (Å²) in [7, 11) is 0. The van der Waals surface area contributed by atoms with Crippen molar-refractivity contribution in [3.8, 4) is 5.88 Å². The molecule has 6 heteroatoms. The number of ether oxygens (including phenoxy) is 1. The smallest absolute Gasteiger partial charge is 0.213 e. The largest absolute Gasteiger partial charge is 0.478 e. The van der Waals surface area contributed by atoms with Crippen molar-refractivity contribution in [1.82, 2.24) is 14.9 Å². The molecule has 0 radical (unpaired) electrons. The van der Waals surface area contributed by atoms with Crippen LogP contribution in [0.25, 0.3) is 10.9 Å². The zero-order valence-electron chi connectivity index (χ0n) is 16.5. The molecule has 0 aliphatic rings. The molecule has 0 amide bonds. The van der Waals surface area contributed by atoms with Gasteiger partial charge < -0.3 is 14.6 Å². The number of fused-ring (bicyclic) bond motifs is 1. The van der Waals surface area contributed by atoms with Crippen LogP contribution in [-0.4, -0.2) is 22.7 Å². The molecule has 0 saturated heterocycles. The van der Waals surface area contributed by atoms with Crippen LogP contribution in [-0.2, 0) is 13.1 Å². The van der Waals surface area contributed by atoms with E-state index in [1.54, 1.807) is 18.3 Å². The Bertz CT molecular complexity index is 1090. The number of para-hydroxylation sites is 1. The topological polar surface area (TPSA) is 39.1 Å². The molecule has 1 N–H and O–H groups in total. The van der Waals surface area contributed by atoms with Gasteiger partial charge in [-0.25, -0.2) is 9.37 Å². The lowest BCUT2D eigenvalue weighted by Gasteiger charge is -2.08. The van der Waals surface area contributed by atoms with Crippen molar-refractivity contribution in [1.29, 1.82) is 0 Å². The minimum absolute atomic E-state index is 0.284. The molecule has 154 valence electrons. The highest BCUT2D eigenvalue weighted by molar-refractivity contribution is 6.31. The summed E-state index contributed by atoms with van der Waals surface area (Å²) >= 11 is 6.23. The molecule has 2 aromatic heterocycles. The molecule has 0 fully saturated rings. The number of aromatic nitrogens is 2. The van der Waals surface area contributed by atoms with Crippen molar-refractivity contribution in [2.75, 3.05) is 13.2 Å². The molecule has 0 aliphatic carbocycles. The van der Waals surface area contributed by atoms with Crippen LogP contribution >= 0.6 is 11.6 Å². The molecule has 30 heavy (non-hydrogen) atoms. The van der Waals surface area contributed by atoms with Gasteiger partial charge in [0.2, 0.25) is 5.88 Å². The zero-order valence-corrected chi connectivity index (χ0v) is 17.3. The van der Waals surface area contributed by atoms with E-state index in [1.165, 1.54) is 11.6 Å². The predicted octanol–water partition coefficient (Wildman–Crippen LogP) is 5.44. The van der Waals surface area contributed by atoms with Crippen molar-refractivity contribution in [2.45, 2.75) is 19.5 Å². The second-order valence-electron chi connectivity index (χ2n) is 7.05. The number of nitrogens with zero attached hydrogens (tertiary/aromatic N) is 2. The summed E-state index contributed by atoms with van der Waals surface area (Å²) in [6, 6.07) is 18.6. The van der Waals surface area contributed by atoms with Gasteiger partial charge in [0.15, 0.2) is 0 Å². The molecular formula is C24H23ClFN3O.